The Labute approximate surface area is 109 Å². The van der Waals surface area contributed by atoms with E-state index in [-0.39, 0.29) is 6.79 Å². The molecule has 1 aromatic carbocycles. The van der Waals surface area contributed by atoms with Gasteiger partial charge in [0.05, 0.1) is 10.7 Å². The summed E-state index contributed by atoms with van der Waals surface area (Å²) in [7, 11) is 1.79. The summed E-state index contributed by atoms with van der Waals surface area (Å²) in [6.07, 6.45) is 0. The van der Waals surface area contributed by atoms with E-state index in [1.165, 1.54) is 0 Å². The van der Waals surface area contributed by atoms with Crippen molar-refractivity contribution in [3.63, 3.8) is 0 Å². The molecule has 0 aliphatic carbocycles. The van der Waals surface area contributed by atoms with Crippen LogP contribution in [-0.4, -0.2) is 16.6 Å². The van der Waals surface area contributed by atoms with Crippen LogP contribution in [0.25, 0.3) is 11.3 Å². The molecule has 18 heavy (non-hydrogen) atoms. The molecule has 3 rings (SSSR count). The van der Waals surface area contributed by atoms with Gasteiger partial charge in [0.15, 0.2) is 11.5 Å². The number of nitrogen functional groups attached to an aromatic ring is 1. The van der Waals surface area contributed by atoms with Gasteiger partial charge in [-0.1, -0.05) is 11.6 Å². The van der Waals surface area contributed by atoms with E-state index < -0.39 is 0 Å². The van der Waals surface area contributed by atoms with Crippen LogP contribution >= 0.6 is 11.6 Å². The van der Waals surface area contributed by atoms with Crippen LogP contribution in [0.3, 0.4) is 0 Å². The van der Waals surface area contributed by atoms with Crippen molar-refractivity contribution >= 4 is 17.4 Å². The molecule has 6 heteroatoms. The summed E-state index contributed by atoms with van der Waals surface area (Å²) in [6, 6.07) is 3.69. The lowest BCUT2D eigenvalue weighted by Crippen LogP contribution is -1.96. The van der Waals surface area contributed by atoms with Crippen molar-refractivity contribution in [2.75, 3.05) is 12.5 Å². The fraction of sp³-hybridized carbons (Fsp3) is 0.250. The third-order valence-electron chi connectivity index (χ3n) is 2.97. The number of halogens is 1. The first-order valence-electron chi connectivity index (χ1n) is 5.46. The molecular formula is C12H12ClN3O2. The minimum Gasteiger partial charge on any atom is -0.454 e. The number of nitrogens with zero attached hydrogens (tertiary/aromatic N) is 2. The van der Waals surface area contributed by atoms with Gasteiger partial charge in [0.2, 0.25) is 6.79 Å². The number of ether oxygens (including phenoxy) is 2. The largest absolute Gasteiger partial charge is 0.454 e. The Hall–Kier alpha value is -1.88. The SMILES string of the molecule is Cc1cc2c(c(Cl)c1-c1cc(N)n(C)n1)OCO2. The lowest BCUT2D eigenvalue weighted by atomic mass is 10.0. The Morgan fingerprint density at radius 2 is 2.17 bits per heavy atom. The first kappa shape index (κ1) is 11.2. The van der Waals surface area contributed by atoms with Gasteiger partial charge >= 0.3 is 0 Å². The molecule has 0 bridgehead atoms. The summed E-state index contributed by atoms with van der Waals surface area (Å²) in [5, 5.41) is 4.85. The first-order valence-corrected chi connectivity index (χ1v) is 5.84. The van der Waals surface area contributed by atoms with E-state index in [4.69, 9.17) is 26.8 Å². The van der Waals surface area contributed by atoms with Crippen molar-refractivity contribution in [2.45, 2.75) is 6.92 Å². The van der Waals surface area contributed by atoms with Crippen LogP contribution in [0.4, 0.5) is 5.82 Å². The van der Waals surface area contributed by atoms with Crippen molar-refractivity contribution in [3.8, 4) is 22.8 Å². The summed E-state index contributed by atoms with van der Waals surface area (Å²) in [4.78, 5) is 0. The van der Waals surface area contributed by atoms with E-state index in [1.807, 2.05) is 13.0 Å². The van der Waals surface area contributed by atoms with Crippen molar-refractivity contribution < 1.29 is 9.47 Å². The molecule has 0 spiro atoms. The summed E-state index contributed by atoms with van der Waals surface area (Å²) in [5.41, 5.74) is 8.33. The molecule has 5 nitrogen and oxygen atoms in total. The highest BCUT2D eigenvalue weighted by Gasteiger charge is 2.24. The average molecular weight is 266 g/mol. The van der Waals surface area contributed by atoms with E-state index in [1.54, 1.807) is 17.8 Å². The van der Waals surface area contributed by atoms with Crippen LogP contribution in [-0.2, 0) is 7.05 Å². The number of hydrogen-bond donors (Lipinski definition) is 1. The van der Waals surface area contributed by atoms with E-state index in [2.05, 4.69) is 5.10 Å². The highest BCUT2D eigenvalue weighted by atomic mass is 35.5. The second-order valence-electron chi connectivity index (χ2n) is 4.19. The average Bonchev–Trinajstić information content (AvgIpc) is 2.87. The van der Waals surface area contributed by atoms with Crippen LogP contribution < -0.4 is 15.2 Å². The van der Waals surface area contributed by atoms with Gasteiger partial charge in [-0.25, -0.2) is 0 Å². The number of fused-ring (bicyclic) bond motifs is 1. The predicted octanol–water partition coefficient (Wildman–Crippen LogP) is 2.36. The molecule has 1 aromatic heterocycles. The van der Waals surface area contributed by atoms with Crippen LogP contribution in [0.2, 0.25) is 5.02 Å². The number of nitrogens with two attached hydrogens (primary N) is 1. The zero-order chi connectivity index (χ0) is 12.9. The van der Waals surface area contributed by atoms with Gasteiger partial charge in [-0.05, 0) is 18.6 Å². The zero-order valence-corrected chi connectivity index (χ0v) is 10.8. The highest BCUT2D eigenvalue weighted by Crippen LogP contribution is 2.46. The Morgan fingerprint density at radius 3 is 2.83 bits per heavy atom. The normalized spacial score (nSPS) is 13.1. The minimum absolute atomic E-state index is 0.197. The highest BCUT2D eigenvalue weighted by molar-refractivity contribution is 6.35. The monoisotopic (exact) mass is 265 g/mol. The van der Waals surface area contributed by atoms with E-state index in [9.17, 15) is 0 Å². The quantitative estimate of drug-likeness (QED) is 0.860. The molecule has 0 unspecified atom stereocenters. The maximum Gasteiger partial charge on any atom is 0.231 e. The van der Waals surface area contributed by atoms with E-state index >= 15 is 0 Å². The molecule has 0 saturated carbocycles. The number of anilines is 1. The third kappa shape index (κ3) is 1.51. The van der Waals surface area contributed by atoms with E-state index in [0.29, 0.717) is 22.3 Å². The van der Waals surface area contributed by atoms with Gasteiger partial charge in [0.25, 0.3) is 0 Å². The van der Waals surface area contributed by atoms with Crippen molar-refractivity contribution in [2.24, 2.45) is 7.05 Å². The summed E-state index contributed by atoms with van der Waals surface area (Å²) >= 11 is 6.36. The minimum atomic E-state index is 0.197. The third-order valence-corrected chi connectivity index (χ3v) is 3.34. The molecule has 2 aromatic rings. The maximum atomic E-state index is 6.36. The first-order chi connectivity index (χ1) is 8.58. The molecule has 0 amide bonds. The van der Waals surface area contributed by atoms with Crippen LogP contribution in [0.15, 0.2) is 12.1 Å². The van der Waals surface area contributed by atoms with Gasteiger partial charge in [-0.15, -0.1) is 0 Å². The maximum absolute atomic E-state index is 6.36. The fourth-order valence-electron chi connectivity index (χ4n) is 2.04. The zero-order valence-electron chi connectivity index (χ0n) is 10.0. The van der Waals surface area contributed by atoms with Gasteiger partial charge in [0.1, 0.15) is 5.82 Å². The number of rotatable bonds is 1. The standard InChI is InChI=1S/C12H12ClN3O2/c1-6-3-8-12(18-5-17-8)11(13)10(6)7-4-9(14)16(2)15-7/h3-4H,5,14H2,1-2H3. The summed E-state index contributed by atoms with van der Waals surface area (Å²) < 4.78 is 12.3. The molecule has 2 heterocycles. The van der Waals surface area contributed by atoms with E-state index in [0.717, 1.165) is 16.8 Å². The molecule has 1 aliphatic rings. The second kappa shape index (κ2) is 3.81. The van der Waals surface area contributed by atoms with Gasteiger partial charge < -0.3 is 15.2 Å². The van der Waals surface area contributed by atoms with Gasteiger partial charge in [-0.2, -0.15) is 5.10 Å². The molecule has 94 valence electrons. The Kier molecular flexibility index (Phi) is 2.38. The topological polar surface area (TPSA) is 62.3 Å². The van der Waals surface area contributed by atoms with Gasteiger partial charge in [-0.3, -0.25) is 4.68 Å². The van der Waals surface area contributed by atoms with Gasteiger partial charge in [0, 0.05) is 18.7 Å². The fourth-order valence-corrected chi connectivity index (χ4v) is 2.43. The second-order valence-corrected chi connectivity index (χ2v) is 4.57. The molecule has 0 fully saturated rings. The summed E-state index contributed by atoms with van der Waals surface area (Å²) in [5.74, 6) is 1.82. The van der Waals surface area contributed by atoms with Crippen molar-refractivity contribution in [1.82, 2.24) is 9.78 Å². The molecule has 0 saturated heterocycles. The van der Waals surface area contributed by atoms with Crippen molar-refractivity contribution in [1.29, 1.82) is 0 Å². The van der Waals surface area contributed by atoms with Crippen LogP contribution in [0.5, 0.6) is 11.5 Å². The smallest absolute Gasteiger partial charge is 0.231 e. The Balaban J connectivity index is 2.23. The molecular weight excluding hydrogens is 254 g/mol. The molecule has 1 aliphatic heterocycles. The number of benzene rings is 1. The number of aryl methyl sites for hydroxylation is 2. The molecule has 0 radical (unpaired) electrons. The molecule has 0 atom stereocenters. The molecule has 2 N–H and O–H groups in total. The number of aromatic nitrogens is 2. The predicted molar refractivity (Wildman–Crippen MR) is 68.9 cm³/mol. The van der Waals surface area contributed by atoms with Crippen LogP contribution in [0, 0.1) is 6.92 Å². The lowest BCUT2D eigenvalue weighted by Gasteiger charge is -2.08. The van der Waals surface area contributed by atoms with Crippen LogP contribution in [0.1, 0.15) is 5.56 Å². The Morgan fingerprint density at radius 1 is 1.39 bits per heavy atom. The number of hydrogen-bond acceptors (Lipinski definition) is 4. The van der Waals surface area contributed by atoms with Crippen molar-refractivity contribution in [3.05, 3.63) is 22.7 Å². The Bertz CT molecular complexity index is 617. The summed E-state index contributed by atoms with van der Waals surface area (Å²) in [6.45, 7) is 2.15. The lowest BCUT2D eigenvalue weighted by molar-refractivity contribution is 0.174.